The van der Waals surface area contributed by atoms with Gasteiger partial charge in [-0.2, -0.15) is 11.8 Å². The van der Waals surface area contributed by atoms with Gasteiger partial charge in [-0.15, -0.1) is 0 Å². The molecule has 0 bridgehead atoms. The van der Waals surface area contributed by atoms with E-state index >= 15 is 0 Å². The summed E-state index contributed by atoms with van der Waals surface area (Å²) in [6.07, 6.45) is 2.62. The zero-order valence-electron chi connectivity index (χ0n) is 12.0. The minimum absolute atomic E-state index is 0.225. The summed E-state index contributed by atoms with van der Waals surface area (Å²) in [4.78, 5) is 11.9. The largest absolute Gasteiger partial charge is 0.455 e. The van der Waals surface area contributed by atoms with E-state index in [0.29, 0.717) is 18.1 Å². The number of rotatable bonds is 7. The molecule has 0 aliphatic carbocycles. The first-order chi connectivity index (χ1) is 8.84. The molecule has 1 heterocycles. The van der Waals surface area contributed by atoms with Crippen molar-refractivity contribution in [1.29, 1.82) is 0 Å². The van der Waals surface area contributed by atoms with Crippen LogP contribution >= 0.6 is 11.8 Å². The summed E-state index contributed by atoms with van der Waals surface area (Å²) in [6.45, 7) is 6.03. The number of carbonyl (C=O) groups excluding carboxylic acids is 1. The quantitative estimate of drug-likeness (QED) is 0.808. The third-order valence-corrected chi connectivity index (χ3v) is 3.22. The van der Waals surface area contributed by atoms with E-state index in [0.717, 1.165) is 11.5 Å². The molecule has 1 aromatic rings. The van der Waals surface area contributed by atoms with Gasteiger partial charge in [-0.05, 0) is 37.7 Å². The second kappa shape index (κ2) is 7.01. The third kappa shape index (κ3) is 5.70. The highest BCUT2D eigenvalue weighted by molar-refractivity contribution is 7.97. The maximum Gasteiger partial charge on any atom is 0.287 e. The van der Waals surface area contributed by atoms with E-state index in [2.05, 4.69) is 5.32 Å². The number of hydrogen-bond acceptors (Lipinski definition) is 4. The SMILES string of the molecule is CSCc1ccc(C(=O)NCC(C)(O)CC(C)C)o1. The van der Waals surface area contributed by atoms with E-state index in [1.807, 2.05) is 20.1 Å². The van der Waals surface area contributed by atoms with E-state index in [4.69, 9.17) is 4.42 Å². The highest BCUT2D eigenvalue weighted by Crippen LogP contribution is 2.16. The Balaban J connectivity index is 2.50. The van der Waals surface area contributed by atoms with Crippen molar-refractivity contribution in [2.75, 3.05) is 12.8 Å². The summed E-state index contributed by atoms with van der Waals surface area (Å²) in [5, 5.41) is 12.8. The van der Waals surface area contributed by atoms with E-state index in [1.165, 1.54) is 0 Å². The van der Waals surface area contributed by atoms with Gasteiger partial charge < -0.3 is 14.8 Å². The Morgan fingerprint density at radius 2 is 2.21 bits per heavy atom. The normalized spacial score (nSPS) is 14.4. The Kier molecular flexibility index (Phi) is 5.94. The van der Waals surface area contributed by atoms with Gasteiger partial charge in [0.25, 0.3) is 5.91 Å². The standard InChI is InChI=1S/C14H23NO3S/c1-10(2)7-14(3,17)9-15-13(16)12-6-5-11(18-12)8-19-4/h5-6,10,17H,7-9H2,1-4H3,(H,15,16). The van der Waals surface area contributed by atoms with Gasteiger partial charge in [0.05, 0.1) is 11.4 Å². The van der Waals surface area contributed by atoms with Crippen molar-refractivity contribution in [3.8, 4) is 0 Å². The first kappa shape index (κ1) is 16.1. The molecule has 0 fully saturated rings. The lowest BCUT2D eigenvalue weighted by Crippen LogP contribution is -2.41. The highest BCUT2D eigenvalue weighted by Gasteiger charge is 2.23. The van der Waals surface area contributed by atoms with Crippen LogP contribution in [0.5, 0.6) is 0 Å². The van der Waals surface area contributed by atoms with Crippen LogP contribution in [0.25, 0.3) is 0 Å². The monoisotopic (exact) mass is 285 g/mol. The molecule has 108 valence electrons. The third-order valence-electron chi connectivity index (χ3n) is 2.65. The zero-order chi connectivity index (χ0) is 14.5. The fourth-order valence-electron chi connectivity index (χ4n) is 2.03. The molecule has 0 saturated carbocycles. The molecular formula is C14H23NO3S. The predicted molar refractivity (Wildman–Crippen MR) is 78.3 cm³/mol. The number of hydrogen-bond donors (Lipinski definition) is 2. The van der Waals surface area contributed by atoms with Crippen molar-refractivity contribution in [3.05, 3.63) is 23.7 Å². The summed E-state index contributed by atoms with van der Waals surface area (Å²) >= 11 is 1.64. The highest BCUT2D eigenvalue weighted by atomic mass is 32.2. The maximum absolute atomic E-state index is 11.9. The fraction of sp³-hybridized carbons (Fsp3) is 0.643. The molecule has 0 radical (unpaired) electrons. The summed E-state index contributed by atoms with van der Waals surface area (Å²) in [5.74, 6) is 1.93. The average Bonchev–Trinajstić information content (AvgIpc) is 2.73. The molecule has 0 aliphatic heterocycles. The molecule has 1 unspecified atom stereocenters. The lowest BCUT2D eigenvalue weighted by atomic mass is 9.94. The Labute approximate surface area is 119 Å². The van der Waals surface area contributed by atoms with E-state index in [9.17, 15) is 9.90 Å². The Morgan fingerprint density at radius 3 is 2.79 bits per heavy atom. The lowest BCUT2D eigenvalue weighted by Gasteiger charge is -2.25. The number of amides is 1. The van der Waals surface area contributed by atoms with Crippen molar-refractivity contribution in [1.82, 2.24) is 5.32 Å². The van der Waals surface area contributed by atoms with Gasteiger partial charge in [0, 0.05) is 6.54 Å². The summed E-state index contributed by atoms with van der Waals surface area (Å²) in [7, 11) is 0. The van der Waals surface area contributed by atoms with Crippen LogP contribution in [0.1, 0.15) is 43.5 Å². The molecule has 2 N–H and O–H groups in total. The number of thioether (sulfide) groups is 1. The second-order valence-electron chi connectivity index (χ2n) is 5.48. The molecule has 0 aromatic carbocycles. The Morgan fingerprint density at radius 1 is 1.53 bits per heavy atom. The molecule has 1 rings (SSSR count). The fourth-order valence-corrected chi connectivity index (χ4v) is 2.47. The van der Waals surface area contributed by atoms with Gasteiger partial charge in [-0.1, -0.05) is 13.8 Å². The van der Waals surface area contributed by atoms with Gasteiger partial charge in [-0.3, -0.25) is 4.79 Å². The van der Waals surface area contributed by atoms with E-state index < -0.39 is 5.60 Å². The van der Waals surface area contributed by atoms with Gasteiger partial charge in [0.2, 0.25) is 0 Å². The van der Waals surface area contributed by atoms with Crippen molar-refractivity contribution in [2.45, 2.75) is 38.5 Å². The minimum atomic E-state index is -0.890. The van der Waals surface area contributed by atoms with Gasteiger partial charge in [-0.25, -0.2) is 0 Å². The van der Waals surface area contributed by atoms with Crippen molar-refractivity contribution >= 4 is 17.7 Å². The number of carbonyl (C=O) groups is 1. The van der Waals surface area contributed by atoms with Crippen LogP contribution in [-0.2, 0) is 5.75 Å². The minimum Gasteiger partial charge on any atom is -0.455 e. The van der Waals surface area contributed by atoms with Gasteiger partial charge >= 0.3 is 0 Å². The Hall–Kier alpha value is -0.940. The smallest absolute Gasteiger partial charge is 0.287 e. The van der Waals surface area contributed by atoms with Crippen LogP contribution in [0, 0.1) is 5.92 Å². The average molecular weight is 285 g/mol. The van der Waals surface area contributed by atoms with E-state index in [1.54, 1.807) is 30.8 Å². The molecule has 4 nitrogen and oxygen atoms in total. The maximum atomic E-state index is 11.9. The Bertz CT molecular complexity index is 413. The van der Waals surface area contributed by atoms with Crippen LogP contribution < -0.4 is 5.32 Å². The van der Waals surface area contributed by atoms with Crippen molar-refractivity contribution in [3.63, 3.8) is 0 Å². The first-order valence-corrected chi connectivity index (χ1v) is 7.81. The molecule has 5 heteroatoms. The van der Waals surface area contributed by atoms with Gasteiger partial charge in [0.15, 0.2) is 5.76 Å². The summed E-state index contributed by atoms with van der Waals surface area (Å²) in [6, 6.07) is 3.47. The molecule has 0 saturated heterocycles. The summed E-state index contributed by atoms with van der Waals surface area (Å²) in [5.41, 5.74) is -0.890. The molecule has 19 heavy (non-hydrogen) atoms. The van der Waals surface area contributed by atoms with Crippen LogP contribution in [0.2, 0.25) is 0 Å². The second-order valence-corrected chi connectivity index (χ2v) is 6.34. The topological polar surface area (TPSA) is 62.5 Å². The molecule has 0 aliphatic rings. The summed E-state index contributed by atoms with van der Waals surface area (Å²) < 4.78 is 5.42. The molecule has 1 aromatic heterocycles. The molecule has 1 atom stereocenters. The zero-order valence-corrected chi connectivity index (χ0v) is 12.8. The first-order valence-electron chi connectivity index (χ1n) is 6.42. The van der Waals surface area contributed by atoms with Crippen molar-refractivity contribution in [2.24, 2.45) is 5.92 Å². The molecular weight excluding hydrogens is 262 g/mol. The molecule has 1 amide bonds. The number of nitrogens with one attached hydrogen (secondary N) is 1. The number of aliphatic hydroxyl groups is 1. The van der Waals surface area contributed by atoms with Crippen LogP contribution in [-0.4, -0.2) is 29.4 Å². The van der Waals surface area contributed by atoms with E-state index in [-0.39, 0.29) is 12.5 Å². The van der Waals surface area contributed by atoms with Gasteiger partial charge in [0.1, 0.15) is 5.76 Å². The van der Waals surface area contributed by atoms with Crippen LogP contribution in [0.15, 0.2) is 16.5 Å². The lowest BCUT2D eigenvalue weighted by molar-refractivity contribution is 0.0363. The van der Waals surface area contributed by atoms with Crippen molar-refractivity contribution < 1.29 is 14.3 Å². The van der Waals surface area contributed by atoms with Crippen LogP contribution in [0.3, 0.4) is 0 Å². The number of furan rings is 1. The predicted octanol–water partition coefficient (Wildman–Crippen LogP) is 2.67. The molecule has 0 spiro atoms. The van der Waals surface area contributed by atoms with Crippen LogP contribution in [0.4, 0.5) is 0 Å².